The van der Waals surface area contributed by atoms with E-state index in [0.29, 0.717) is 6.07 Å². The lowest BCUT2D eigenvalue weighted by Gasteiger charge is -2.08. The SMILES string of the molecule is COC(=O)c1ccc(F)c(C(F)F)c1C#N. The summed E-state index contributed by atoms with van der Waals surface area (Å²) in [6, 6.07) is 3.02. The van der Waals surface area contributed by atoms with Crippen molar-refractivity contribution in [2.75, 3.05) is 7.11 Å². The van der Waals surface area contributed by atoms with E-state index in [1.165, 1.54) is 6.07 Å². The van der Waals surface area contributed by atoms with Crippen molar-refractivity contribution in [3.05, 3.63) is 34.6 Å². The summed E-state index contributed by atoms with van der Waals surface area (Å²) in [5.74, 6) is -2.18. The largest absolute Gasteiger partial charge is 0.465 e. The highest BCUT2D eigenvalue weighted by Crippen LogP contribution is 2.28. The number of benzene rings is 1. The average molecular weight is 229 g/mol. The zero-order valence-electron chi connectivity index (χ0n) is 8.13. The van der Waals surface area contributed by atoms with E-state index in [0.717, 1.165) is 13.2 Å². The number of halogens is 3. The highest BCUT2D eigenvalue weighted by atomic mass is 19.3. The molecule has 1 aromatic rings. The maximum atomic E-state index is 13.1. The Morgan fingerprint density at radius 2 is 2.12 bits per heavy atom. The van der Waals surface area contributed by atoms with Gasteiger partial charge in [-0.25, -0.2) is 18.0 Å². The number of ether oxygens (including phenoxy) is 1. The summed E-state index contributed by atoms with van der Waals surface area (Å²) in [6.45, 7) is 0. The van der Waals surface area contributed by atoms with Gasteiger partial charge in [0.15, 0.2) is 0 Å². The van der Waals surface area contributed by atoms with Gasteiger partial charge in [-0.2, -0.15) is 5.26 Å². The number of rotatable bonds is 2. The van der Waals surface area contributed by atoms with Gasteiger partial charge in [0.25, 0.3) is 6.43 Å². The summed E-state index contributed by atoms with van der Waals surface area (Å²) in [5.41, 5.74) is -2.14. The first kappa shape index (κ1) is 12.0. The van der Waals surface area contributed by atoms with Gasteiger partial charge >= 0.3 is 5.97 Å². The molecule has 0 unspecified atom stereocenters. The molecule has 84 valence electrons. The van der Waals surface area contributed by atoms with Crippen molar-refractivity contribution in [2.24, 2.45) is 0 Å². The number of carbonyl (C=O) groups excluding carboxylic acids is 1. The van der Waals surface area contributed by atoms with Crippen molar-refractivity contribution in [3.8, 4) is 6.07 Å². The molecule has 0 atom stereocenters. The van der Waals surface area contributed by atoms with Crippen molar-refractivity contribution in [1.29, 1.82) is 5.26 Å². The minimum Gasteiger partial charge on any atom is -0.465 e. The lowest BCUT2D eigenvalue weighted by Crippen LogP contribution is -2.08. The van der Waals surface area contributed by atoms with Crippen LogP contribution in [0, 0.1) is 17.1 Å². The number of nitriles is 1. The van der Waals surface area contributed by atoms with Crippen molar-refractivity contribution in [2.45, 2.75) is 6.43 Å². The van der Waals surface area contributed by atoms with E-state index in [4.69, 9.17) is 5.26 Å². The smallest absolute Gasteiger partial charge is 0.339 e. The van der Waals surface area contributed by atoms with Gasteiger partial charge < -0.3 is 4.74 Å². The van der Waals surface area contributed by atoms with Gasteiger partial charge in [0, 0.05) is 0 Å². The van der Waals surface area contributed by atoms with Crippen LogP contribution in [-0.2, 0) is 4.74 Å². The lowest BCUT2D eigenvalue weighted by atomic mass is 10.0. The van der Waals surface area contributed by atoms with Gasteiger partial charge in [0.05, 0.1) is 23.8 Å². The molecule has 0 bridgehead atoms. The molecule has 0 spiro atoms. The second kappa shape index (κ2) is 4.66. The molecule has 0 aromatic heterocycles. The number of methoxy groups -OCH3 is 1. The van der Waals surface area contributed by atoms with Crippen LogP contribution in [0.1, 0.15) is 27.9 Å². The van der Waals surface area contributed by atoms with Crippen molar-refractivity contribution in [1.82, 2.24) is 0 Å². The van der Waals surface area contributed by atoms with Crippen LogP contribution in [0.3, 0.4) is 0 Å². The second-order valence-corrected chi connectivity index (χ2v) is 2.79. The van der Waals surface area contributed by atoms with Crippen LogP contribution in [-0.4, -0.2) is 13.1 Å². The van der Waals surface area contributed by atoms with E-state index in [2.05, 4.69) is 4.74 Å². The van der Waals surface area contributed by atoms with E-state index in [-0.39, 0.29) is 5.56 Å². The van der Waals surface area contributed by atoms with E-state index >= 15 is 0 Å². The van der Waals surface area contributed by atoms with Gasteiger partial charge in [-0.3, -0.25) is 0 Å². The fourth-order valence-corrected chi connectivity index (χ4v) is 1.21. The van der Waals surface area contributed by atoms with E-state index in [9.17, 15) is 18.0 Å². The summed E-state index contributed by atoms with van der Waals surface area (Å²) >= 11 is 0. The third kappa shape index (κ3) is 1.98. The molecule has 1 rings (SSSR count). The molecule has 1 aromatic carbocycles. The van der Waals surface area contributed by atoms with Crippen molar-refractivity contribution in [3.63, 3.8) is 0 Å². The average Bonchev–Trinajstić information content (AvgIpc) is 2.26. The molecule has 0 amide bonds. The maximum Gasteiger partial charge on any atom is 0.339 e. The van der Waals surface area contributed by atoms with Gasteiger partial charge in [-0.15, -0.1) is 0 Å². The molecule has 0 fully saturated rings. The Morgan fingerprint density at radius 1 is 1.50 bits per heavy atom. The molecule has 0 radical (unpaired) electrons. The topological polar surface area (TPSA) is 50.1 Å². The molecular formula is C10H6F3NO2. The fraction of sp³-hybridized carbons (Fsp3) is 0.200. The third-order valence-corrected chi connectivity index (χ3v) is 1.93. The molecule has 3 nitrogen and oxygen atoms in total. The Bertz CT molecular complexity index is 466. The van der Waals surface area contributed by atoms with E-state index in [1.807, 2.05) is 0 Å². The molecular weight excluding hydrogens is 223 g/mol. The Hall–Kier alpha value is -2.03. The van der Waals surface area contributed by atoms with Gasteiger partial charge in [0.2, 0.25) is 0 Å². The van der Waals surface area contributed by atoms with Crippen LogP contribution >= 0.6 is 0 Å². The molecule has 0 saturated heterocycles. The van der Waals surface area contributed by atoms with Gasteiger partial charge in [-0.1, -0.05) is 0 Å². The summed E-state index contributed by atoms with van der Waals surface area (Å²) in [6.07, 6.45) is -3.17. The first-order valence-electron chi connectivity index (χ1n) is 4.11. The zero-order valence-corrected chi connectivity index (χ0v) is 8.13. The quantitative estimate of drug-likeness (QED) is 0.731. The first-order chi connectivity index (χ1) is 7.52. The molecule has 0 saturated carbocycles. The van der Waals surface area contributed by atoms with Crippen LogP contribution in [0.5, 0.6) is 0 Å². The van der Waals surface area contributed by atoms with Crippen LogP contribution in [0.15, 0.2) is 12.1 Å². The Balaban J connectivity index is 3.51. The van der Waals surface area contributed by atoms with Crippen LogP contribution in [0.4, 0.5) is 13.2 Å². The Kier molecular flexibility index (Phi) is 3.51. The maximum absolute atomic E-state index is 13.1. The normalized spacial score (nSPS) is 10.0. The lowest BCUT2D eigenvalue weighted by molar-refractivity contribution is 0.0599. The number of nitrogens with zero attached hydrogens (tertiary/aromatic N) is 1. The molecule has 0 aliphatic heterocycles. The number of carbonyl (C=O) groups is 1. The molecule has 0 N–H and O–H groups in total. The van der Waals surface area contributed by atoms with E-state index < -0.39 is 29.3 Å². The molecule has 0 aliphatic carbocycles. The summed E-state index contributed by atoms with van der Waals surface area (Å²) in [5, 5.41) is 8.66. The zero-order chi connectivity index (χ0) is 12.3. The molecule has 6 heteroatoms. The van der Waals surface area contributed by atoms with Crippen LogP contribution in [0.2, 0.25) is 0 Å². The number of esters is 1. The molecule has 16 heavy (non-hydrogen) atoms. The number of alkyl halides is 2. The van der Waals surface area contributed by atoms with Crippen molar-refractivity contribution >= 4 is 5.97 Å². The van der Waals surface area contributed by atoms with Crippen LogP contribution in [0.25, 0.3) is 0 Å². The predicted octanol–water partition coefficient (Wildman–Crippen LogP) is 2.42. The number of hydrogen-bond donors (Lipinski definition) is 0. The number of hydrogen-bond acceptors (Lipinski definition) is 3. The first-order valence-corrected chi connectivity index (χ1v) is 4.11. The van der Waals surface area contributed by atoms with Crippen molar-refractivity contribution < 1.29 is 22.7 Å². The Morgan fingerprint density at radius 3 is 2.56 bits per heavy atom. The molecule has 0 heterocycles. The monoisotopic (exact) mass is 229 g/mol. The van der Waals surface area contributed by atoms with Crippen LogP contribution < -0.4 is 0 Å². The van der Waals surface area contributed by atoms with Gasteiger partial charge in [-0.05, 0) is 12.1 Å². The summed E-state index contributed by atoms with van der Waals surface area (Å²) in [4.78, 5) is 11.1. The minimum absolute atomic E-state index is 0.373. The second-order valence-electron chi connectivity index (χ2n) is 2.79. The van der Waals surface area contributed by atoms with E-state index in [1.54, 1.807) is 0 Å². The molecule has 0 aliphatic rings. The highest BCUT2D eigenvalue weighted by Gasteiger charge is 2.24. The fourth-order valence-electron chi connectivity index (χ4n) is 1.21. The van der Waals surface area contributed by atoms with Gasteiger partial charge in [0.1, 0.15) is 11.9 Å². The minimum atomic E-state index is -3.17. The highest BCUT2D eigenvalue weighted by molar-refractivity contribution is 5.92. The Labute approximate surface area is 89.1 Å². The summed E-state index contributed by atoms with van der Waals surface area (Å²) in [7, 11) is 1.04. The predicted molar refractivity (Wildman–Crippen MR) is 47.4 cm³/mol. The standard InChI is InChI=1S/C10H6F3NO2/c1-16-10(15)5-2-3-7(11)8(9(12)13)6(5)4-14/h2-3,9H,1H3. The summed E-state index contributed by atoms with van der Waals surface area (Å²) < 4.78 is 42.3. The third-order valence-electron chi connectivity index (χ3n) is 1.93.